The molecular formula is C33H28N2O2S. The Morgan fingerprint density at radius 2 is 1.84 bits per heavy atom. The molecule has 38 heavy (non-hydrogen) atoms. The molecule has 0 amide bonds. The molecule has 1 aliphatic carbocycles. The van der Waals surface area contributed by atoms with Gasteiger partial charge < -0.3 is 4.74 Å². The van der Waals surface area contributed by atoms with Crippen LogP contribution in [0, 0.1) is 12.3 Å². The lowest BCUT2D eigenvalue weighted by molar-refractivity contribution is 0.370. The number of thiazole rings is 1. The standard InChI is InChI=1S/C33H28N2O2S/c1-4-19-37-26-16-9-22(10-17-26)20-29-32(36)35-31(25-13-11-23(12-14-25)21(2)3)28-18-15-24-7-5-6-8-27(24)30(28)34-33(35)38-29/h1,5-14,16-17,20-21,31H,15,18-19H2,2-3H3. The number of aryl methyl sites for hydroxylation is 1. The lowest BCUT2D eigenvalue weighted by Crippen LogP contribution is -2.38. The molecule has 0 saturated carbocycles. The largest absolute Gasteiger partial charge is 0.481 e. The van der Waals surface area contributed by atoms with Crippen LogP contribution in [0.3, 0.4) is 0 Å². The second-order valence-electron chi connectivity index (χ2n) is 10.00. The monoisotopic (exact) mass is 516 g/mol. The molecule has 0 bridgehead atoms. The van der Waals surface area contributed by atoms with Gasteiger partial charge in [-0.05, 0) is 64.8 Å². The van der Waals surface area contributed by atoms with E-state index >= 15 is 0 Å². The van der Waals surface area contributed by atoms with Crippen LogP contribution in [0.25, 0.3) is 11.8 Å². The van der Waals surface area contributed by atoms with Crippen molar-refractivity contribution in [2.45, 2.75) is 38.6 Å². The summed E-state index contributed by atoms with van der Waals surface area (Å²) in [6, 6.07) is 24.7. The van der Waals surface area contributed by atoms with E-state index in [4.69, 9.17) is 16.2 Å². The number of ether oxygens (including phenoxy) is 1. The molecule has 1 atom stereocenters. The fourth-order valence-electron chi connectivity index (χ4n) is 5.32. The topological polar surface area (TPSA) is 43.6 Å². The third kappa shape index (κ3) is 4.31. The summed E-state index contributed by atoms with van der Waals surface area (Å²) in [5.74, 6) is 3.63. The van der Waals surface area contributed by atoms with E-state index in [1.54, 1.807) is 0 Å². The van der Waals surface area contributed by atoms with Crippen molar-refractivity contribution in [3.8, 4) is 18.1 Å². The number of hydrogen-bond acceptors (Lipinski definition) is 4. The van der Waals surface area contributed by atoms with E-state index < -0.39 is 0 Å². The van der Waals surface area contributed by atoms with Gasteiger partial charge in [-0.2, -0.15) is 0 Å². The average molecular weight is 517 g/mol. The molecule has 4 nitrogen and oxygen atoms in total. The fraction of sp³-hybridized carbons (Fsp3) is 0.212. The van der Waals surface area contributed by atoms with Gasteiger partial charge in [-0.25, -0.2) is 4.99 Å². The molecule has 1 aromatic heterocycles. The van der Waals surface area contributed by atoms with E-state index in [2.05, 4.69) is 68.3 Å². The fourth-order valence-corrected chi connectivity index (χ4v) is 6.32. The highest BCUT2D eigenvalue weighted by atomic mass is 32.1. The quantitative estimate of drug-likeness (QED) is 0.331. The maximum Gasteiger partial charge on any atom is 0.271 e. The first-order valence-electron chi connectivity index (χ1n) is 12.9. The van der Waals surface area contributed by atoms with E-state index in [1.165, 1.54) is 33.6 Å². The van der Waals surface area contributed by atoms with E-state index in [9.17, 15) is 4.79 Å². The van der Waals surface area contributed by atoms with Gasteiger partial charge in [-0.1, -0.05) is 91.8 Å². The predicted molar refractivity (Wildman–Crippen MR) is 154 cm³/mol. The Labute approximate surface area is 226 Å². The van der Waals surface area contributed by atoms with Crippen LogP contribution in [0.4, 0.5) is 0 Å². The van der Waals surface area contributed by atoms with Crippen molar-refractivity contribution in [3.63, 3.8) is 0 Å². The smallest absolute Gasteiger partial charge is 0.271 e. The molecule has 2 aliphatic rings. The van der Waals surface area contributed by atoms with Crippen molar-refractivity contribution < 1.29 is 4.74 Å². The Balaban J connectivity index is 1.51. The number of benzene rings is 3. The number of aromatic nitrogens is 1. The molecule has 1 unspecified atom stereocenters. The molecule has 0 saturated heterocycles. The molecule has 188 valence electrons. The maximum absolute atomic E-state index is 13.9. The van der Waals surface area contributed by atoms with Gasteiger partial charge in [0.25, 0.3) is 5.56 Å². The first-order valence-corrected chi connectivity index (χ1v) is 13.7. The van der Waals surface area contributed by atoms with Crippen molar-refractivity contribution in [1.82, 2.24) is 4.57 Å². The van der Waals surface area contributed by atoms with Crippen molar-refractivity contribution in [3.05, 3.63) is 126 Å². The highest BCUT2D eigenvalue weighted by molar-refractivity contribution is 7.07. The second-order valence-corrected chi connectivity index (χ2v) is 11.0. The maximum atomic E-state index is 13.9. The summed E-state index contributed by atoms with van der Waals surface area (Å²) in [7, 11) is 0. The van der Waals surface area contributed by atoms with E-state index in [1.807, 2.05) is 34.9 Å². The molecule has 0 N–H and O–H groups in total. The summed E-state index contributed by atoms with van der Waals surface area (Å²) in [5, 5.41) is 0. The van der Waals surface area contributed by atoms with Gasteiger partial charge in [-0.15, -0.1) is 6.42 Å². The van der Waals surface area contributed by atoms with Crippen LogP contribution in [0.1, 0.15) is 60.0 Å². The van der Waals surface area contributed by atoms with E-state index in [0.717, 1.165) is 34.5 Å². The summed E-state index contributed by atoms with van der Waals surface area (Å²) in [4.78, 5) is 19.8. The Morgan fingerprint density at radius 1 is 1.08 bits per heavy atom. The van der Waals surface area contributed by atoms with Crippen molar-refractivity contribution in [2.24, 2.45) is 4.99 Å². The van der Waals surface area contributed by atoms with Crippen molar-refractivity contribution in [1.29, 1.82) is 0 Å². The van der Waals surface area contributed by atoms with E-state index in [0.29, 0.717) is 16.2 Å². The number of terminal acetylenes is 1. The van der Waals surface area contributed by atoms with Gasteiger partial charge in [0.15, 0.2) is 4.80 Å². The molecule has 2 heterocycles. The Bertz CT molecular complexity index is 1760. The van der Waals surface area contributed by atoms with E-state index in [-0.39, 0.29) is 18.2 Å². The highest BCUT2D eigenvalue weighted by Crippen LogP contribution is 2.41. The molecule has 0 fully saturated rings. The van der Waals surface area contributed by atoms with Gasteiger partial charge >= 0.3 is 0 Å². The van der Waals surface area contributed by atoms with Gasteiger partial charge in [0.1, 0.15) is 12.4 Å². The van der Waals surface area contributed by atoms with Gasteiger partial charge in [0, 0.05) is 5.56 Å². The lowest BCUT2D eigenvalue weighted by Gasteiger charge is -2.31. The van der Waals surface area contributed by atoms with Gasteiger partial charge in [0.2, 0.25) is 0 Å². The molecule has 0 radical (unpaired) electrons. The van der Waals surface area contributed by atoms with Crippen LogP contribution in [0.2, 0.25) is 0 Å². The number of allylic oxidation sites excluding steroid dienone is 1. The van der Waals surface area contributed by atoms with Crippen LogP contribution in [0.5, 0.6) is 5.75 Å². The molecule has 5 heteroatoms. The zero-order chi connectivity index (χ0) is 26.2. The minimum Gasteiger partial charge on any atom is -0.481 e. The van der Waals surface area contributed by atoms with Crippen LogP contribution < -0.4 is 19.6 Å². The molecule has 6 rings (SSSR count). The first kappa shape index (κ1) is 24.2. The summed E-state index contributed by atoms with van der Waals surface area (Å²) >= 11 is 1.45. The highest BCUT2D eigenvalue weighted by Gasteiger charge is 2.32. The number of fused-ring (bicyclic) bond motifs is 3. The summed E-state index contributed by atoms with van der Waals surface area (Å²) in [5.41, 5.74) is 8.06. The third-order valence-corrected chi connectivity index (χ3v) is 8.27. The summed E-state index contributed by atoms with van der Waals surface area (Å²) < 4.78 is 8.05. The minimum absolute atomic E-state index is 0.00949. The third-order valence-electron chi connectivity index (χ3n) is 7.29. The molecule has 0 spiro atoms. The van der Waals surface area contributed by atoms with Gasteiger partial charge in [-0.3, -0.25) is 9.36 Å². The van der Waals surface area contributed by atoms with Crippen LogP contribution in [0.15, 0.2) is 88.2 Å². The lowest BCUT2D eigenvalue weighted by atomic mass is 9.83. The van der Waals surface area contributed by atoms with Crippen LogP contribution in [-0.2, 0) is 6.42 Å². The number of rotatable bonds is 5. The average Bonchev–Trinajstić information content (AvgIpc) is 3.25. The van der Waals surface area contributed by atoms with Crippen LogP contribution >= 0.6 is 11.3 Å². The Hall–Kier alpha value is -4.14. The Morgan fingerprint density at radius 3 is 2.58 bits per heavy atom. The van der Waals surface area contributed by atoms with Gasteiger partial charge in [0.05, 0.1) is 16.3 Å². The van der Waals surface area contributed by atoms with Crippen molar-refractivity contribution >= 4 is 23.1 Å². The minimum atomic E-state index is -0.169. The zero-order valence-corrected chi connectivity index (χ0v) is 22.3. The molecular weight excluding hydrogens is 488 g/mol. The normalized spacial score (nSPS) is 16.4. The number of hydrogen-bond donors (Lipinski definition) is 0. The Kier molecular flexibility index (Phi) is 6.35. The summed E-state index contributed by atoms with van der Waals surface area (Å²) in [6.07, 6.45) is 9.05. The number of nitrogens with zero attached hydrogens (tertiary/aromatic N) is 2. The predicted octanol–water partition coefficient (Wildman–Crippen LogP) is 5.45. The molecule has 1 aliphatic heterocycles. The van der Waals surface area contributed by atoms with Crippen LogP contribution in [-0.4, -0.2) is 11.2 Å². The zero-order valence-electron chi connectivity index (χ0n) is 21.5. The summed E-state index contributed by atoms with van der Waals surface area (Å²) in [6.45, 7) is 4.62. The SMILES string of the molecule is C#CCOc1ccc(C=c2sc3n(c2=O)C(c2ccc(C(C)C)cc2)C2=C(N=3)c3ccccc3CC2)cc1. The first-order chi connectivity index (χ1) is 18.5. The molecule has 4 aromatic rings. The van der Waals surface area contributed by atoms with Crippen molar-refractivity contribution in [2.75, 3.05) is 6.61 Å². The molecule has 3 aromatic carbocycles. The second kappa shape index (κ2) is 9.96.